The van der Waals surface area contributed by atoms with Crippen molar-refractivity contribution >= 4 is 46.2 Å². The normalized spacial score (nSPS) is 15.3. The summed E-state index contributed by atoms with van der Waals surface area (Å²) in [5.41, 5.74) is 8.14. The van der Waals surface area contributed by atoms with Crippen LogP contribution in [0.4, 0.5) is 22.9 Å². The summed E-state index contributed by atoms with van der Waals surface area (Å²) in [7, 11) is 0. The number of benzene rings is 4. The number of aliphatic imine (C=N–C) groups is 2. The van der Waals surface area contributed by atoms with E-state index < -0.39 is 0 Å². The van der Waals surface area contributed by atoms with E-state index in [1.807, 2.05) is 59.3 Å². The first-order valence-electron chi connectivity index (χ1n) is 14.4. The van der Waals surface area contributed by atoms with Crippen LogP contribution in [0.25, 0.3) is 5.69 Å². The molecule has 7 heteroatoms. The Morgan fingerprint density at radius 2 is 1.64 bits per heavy atom. The second kappa shape index (κ2) is 11.0. The Morgan fingerprint density at radius 1 is 0.857 bits per heavy atom. The number of aryl methyl sites for hydroxylation is 2. The molecule has 3 heterocycles. The lowest BCUT2D eigenvalue weighted by Crippen LogP contribution is -2.46. The minimum Gasteiger partial charge on any atom is -0.337 e. The molecule has 5 aromatic rings. The molecule has 2 aliphatic rings. The van der Waals surface area contributed by atoms with Crippen molar-refractivity contribution in [3.05, 3.63) is 131 Å². The second-order valence-electron chi connectivity index (χ2n) is 10.7. The Balaban J connectivity index is 1.42. The molecule has 42 heavy (non-hydrogen) atoms. The summed E-state index contributed by atoms with van der Waals surface area (Å²) >= 11 is 6.58. The van der Waals surface area contributed by atoms with Crippen LogP contribution in [0.15, 0.2) is 113 Å². The summed E-state index contributed by atoms with van der Waals surface area (Å²) in [5, 5.41) is 9.30. The van der Waals surface area contributed by atoms with Crippen LogP contribution in [0.2, 0.25) is 5.02 Å². The van der Waals surface area contributed by atoms with Crippen LogP contribution < -0.4 is 10.2 Å². The highest BCUT2D eigenvalue weighted by atomic mass is 35.5. The van der Waals surface area contributed by atoms with Gasteiger partial charge in [0.15, 0.2) is 17.5 Å². The Hall–Kier alpha value is -4.68. The smallest absolute Gasteiger partial charge is 0.179 e. The van der Waals surface area contributed by atoms with Crippen molar-refractivity contribution in [2.75, 3.05) is 10.2 Å². The van der Waals surface area contributed by atoms with Crippen molar-refractivity contribution in [1.29, 1.82) is 0 Å². The van der Waals surface area contributed by atoms with Gasteiger partial charge in [-0.15, -0.1) is 0 Å². The molecule has 0 fully saturated rings. The average Bonchev–Trinajstić information content (AvgIpc) is 3.36. The zero-order chi connectivity index (χ0) is 28.6. The van der Waals surface area contributed by atoms with Gasteiger partial charge in [-0.25, -0.2) is 14.7 Å². The van der Waals surface area contributed by atoms with E-state index in [4.69, 9.17) is 26.7 Å². The topological polar surface area (TPSA) is 57.8 Å². The first-order valence-corrected chi connectivity index (χ1v) is 14.8. The number of hydrogen-bond acceptors (Lipinski definition) is 5. The van der Waals surface area contributed by atoms with E-state index in [0.717, 1.165) is 57.6 Å². The van der Waals surface area contributed by atoms with E-state index in [0.29, 0.717) is 10.9 Å². The molecular weight excluding hydrogens is 540 g/mol. The Labute approximate surface area is 251 Å². The van der Waals surface area contributed by atoms with Crippen LogP contribution in [0, 0.1) is 6.92 Å². The number of nitrogens with zero attached hydrogens (tertiary/aromatic N) is 5. The maximum absolute atomic E-state index is 6.58. The standard InChI is InChI=1S/C35H31ClN6/c1-3-4-11-24-18-20-27(21-19-24)37-33-35-39-34-31(23(2)40-42(34)28-14-6-5-7-15-28)32(25-12-10-13-26(36)22-25)41(35)30-17-9-8-16-29(30)38-33/h5-10,12-22,32H,3-4,11H2,1-2H3,(H,37,38)/t32-/m1/s1. The van der Waals surface area contributed by atoms with Gasteiger partial charge in [0.25, 0.3) is 0 Å². The molecule has 0 spiro atoms. The van der Waals surface area contributed by atoms with Gasteiger partial charge in [0, 0.05) is 16.3 Å². The van der Waals surface area contributed by atoms with Crippen LogP contribution in [0.1, 0.15) is 48.2 Å². The van der Waals surface area contributed by atoms with Crippen LogP contribution in [0.5, 0.6) is 0 Å². The van der Waals surface area contributed by atoms with Crippen molar-refractivity contribution in [3.8, 4) is 5.69 Å². The molecule has 0 saturated heterocycles. The van der Waals surface area contributed by atoms with Crippen molar-refractivity contribution in [2.45, 2.75) is 39.2 Å². The van der Waals surface area contributed by atoms with Gasteiger partial charge >= 0.3 is 0 Å². The van der Waals surface area contributed by atoms with E-state index in [2.05, 4.69) is 72.6 Å². The summed E-state index contributed by atoms with van der Waals surface area (Å²) in [6.45, 7) is 4.28. The number of nitrogens with one attached hydrogen (secondary N) is 1. The molecule has 0 amide bonds. The number of para-hydroxylation sites is 3. The highest BCUT2D eigenvalue weighted by Crippen LogP contribution is 2.48. The number of fused-ring (bicyclic) bond motifs is 4. The molecular formula is C35H31ClN6. The highest BCUT2D eigenvalue weighted by molar-refractivity contribution is 6.51. The maximum atomic E-state index is 6.58. The third-order valence-electron chi connectivity index (χ3n) is 7.84. The van der Waals surface area contributed by atoms with Crippen molar-refractivity contribution in [1.82, 2.24) is 9.78 Å². The number of amidine groups is 2. The maximum Gasteiger partial charge on any atom is 0.179 e. The van der Waals surface area contributed by atoms with Gasteiger partial charge in [-0.2, -0.15) is 5.10 Å². The Kier molecular flexibility index (Phi) is 6.84. The fourth-order valence-electron chi connectivity index (χ4n) is 5.81. The number of hydrogen-bond donors (Lipinski definition) is 1. The van der Waals surface area contributed by atoms with Gasteiger partial charge in [-0.3, -0.25) is 0 Å². The van der Waals surface area contributed by atoms with Crippen LogP contribution >= 0.6 is 11.6 Å². The van der Waals surface area contributed by atoms with Gasteiger partial charge < -0.3 is 10.2 Å². The first kappa shape index (κ1) is 26.2. The fourth-order valence-corrected chi connectivity index (χ4v) is 6.01. The molecule has 2 aliphatic heterocycles. The Morgan fingerprint density at radius 3 is 2.43 bits per heavy atom. The molecule has 6 nitrogen and oxygen atoms in total. The number of halogens is 1. The van der Waals surface area contributed by atoms with E-state index >= 15 is 0 Å². The number of anilines is 2. The fraction of sp³-hybridized carbons (Fsp3) is 0.171. The minimum atomic E-state index is -0.214. The van der Waals surface area contributed by atoms with Gasteiger partial charge in [0.2, 0.25) is 0 Å². The van der Waals surface area contributed by atoms with Crippen LogP contribution in [0.3, 0.4) is 0 Å². The summed E-state index contributed by atoms with van der Waals surface area (Å²) in [4.78, 5) is 12.7. The van der Waals surface area contributed by atoms with E-state index in [1.165, 1.54) is 18.4 Å². The lowest BCUT2D eigenvalue weighted by molar-refractivity contribution is 0.795. The molecule has 0 bridgehead atoms. The van der Waals surface area contributed by atoms with E-state index in [-0.39, 0.29) is 6.04 Å². The second-order valence-corrected chi connectivity index (χ2v) is 11.1. The van der Waals surface area contributed by atoms with E-state index in [9.17, 15) is 0 Å². The molecule has 0 saturated carbocycles. The Bertz CT molecular complexity index is 1820. The number of unbranched alkanes of at least 4 members (excludes halogenated alkanes) is 1. The monoisotopic (exact) mass is 570 g/mol. The summed E-state index contributed by atoms with van der Waals surface area (Å²) in [6.07, 6.45) is 3.45. The highest BCUT2D eigenvalue weighted by Gasteiger charge is 2.41. The van der Waals surface area contributed by atoms with Crippen LogP contribution in [-0.4, -0.2) is 21.5 Å². The van der Waals surface area contributed by atoms with E-state index in [1.54, 1.807) is 0 Å². The van der Waals surface area contributed by atoms with Gasteiger partial charge in [0.1, 0.15) is 0 Å². The lowest BCUT2D eigenvalue weighted by Gasteiger charge is -2.40. The molecule has 1 N–H and O–H groups in total. The van der Waals surface area contributed by atoms with Gasteiger partial charge in [0.05, 0.1) is 28.8 Å². The molecule has 0 aliphatic carbocycles. The molecule has 0 unspecified atom stereocenters. The van der Waals surface area contributed by atoms with Gasteiger partial charge in [-0.1, -0.05) is 79.5 Å². The lowest BCUT2D eigenvalue weighted by atomic mass is 9.93. The SMILES string of the molecule is CCCCc1ccc(NC2=Nc3ccccc3N3C2=Nc2c(c(C)nn2-c2ccccc2)[C@H]3c2cccc(Cl)c2)cc1. The first-order chi connectivity index (χ1) is 20.6. The third-order valence-corrected chi connectivity index (χ3v) is 8.07. The zero-order valence-electron chi connectivity index (χ0n) is 23.6. The average molecular weight is 571 g/mol. The summed E-state index contributed by atoms with van der Waals surface area (Å²) in [6, 6.07) is 34.9. The molecule has 4 aromatic carbocycles. The summed E-state index contributed by atoms with van der Waals surface area (Å²) < 4.78 is 1.94. The van der Waals surface area contributed by atoms with Crippen molar-refractivity contribution in [2.24, 2.45) is 9.98 Å². The van der Waals surface area contributed by atoms with Crippen LogP contribution in [-0.2, 0) is 6.42 Å². The zero-order valence-corrected chi connectivity index (χ0v) is 24.4. The largest absolute Gasteiger partial charge is 0.337 e. The number of aromatic nitrogens is 2. The quantitative estimate of drug-likeness (QED) is 0.222. The molecule has 1 atom stereocenters. The molecule has 208 valence electrons. The molecule has 0 radical (unpaired) electrons. The minimum absolute atomic E-state index is 0.214. The number of rotatable bonds is 6. The summed E-state index contributed by atoms with van der Waals surface area (Å²) in [5.74, 6) is 2.21. The van der Waals surface area contributed by atoms with Gasteiger partial charge in [-0.05, 0) is 79.4 Å². The third kappa shape index (κ3) is 4.68. The predicted octanol–water partition coefficient (Wildman–Crippen LogP) is 8.97. The van der Waals surface area contributed by atoms with Crippen molar-refractivity contribution < 1.29 is 0 Å². The molecule has 7 rings (SSSR count). The van der Waals surface area contributed by atoms with Crippen molar-refractivity contribution in [3.63, 3.8) is 0 Å². The molecule has 1 aromatic heterocycles. The predicted molar refractivity (Wildman–Crippen MR) is 173 cm³/mol.